The van der Waals surface area contributed by atoms with Crippen molar-refractivity contribution >= 4 is 10.9 Å². The van der Waals surface area contributed by atoms with Gasteiger partial charge in [-0.15, -0.1) is 0 Å². The number of aryl methyl sites for hydroxylation is 2. The van der Waals surface area contributed by atoms with E-state index in [1.807, 2.05) is 6.20 Å². The van der Waals surface area contributed by atoms with Gasteiger partial charge in [0.1, 0.15) is 0 Å². The van der Waals surface area contributed by atoms with E-state index in [-0.39, 0.29) is 0 Å². The molecule has 3 aromatic rings. The van der Waals surface area contributed by atoms with E-state index in [9.17, 15) is 0 Å². The standard InChI is InChI=1S/C21H25N3/c1-16-9-10-19(17(2)12-16)14-23-11-5-7-20(15-23)24-21-8-4-3-6-18(21)13-22-24/h3-4,6,8-10,12-13,20H,5,7,11,14-15H2,1-2H3. The number of para-hydroxylation sites is 1. The molecule has 1 saturated heterocycles. The summed E-state index contributed by atoms with van der Waals surface area (Å²) in [4.78, 5) is 2.59. The molecule has 0 N–H and O–H groups in total. The smallest absolute Gasteiger partial charge is 0.0686 e. The van der Waals surface area contributed by atoms with E-state index >= 15 is 0 Å². The Morgan fingerprint density at radius 1 is 1.12 bits per heavy atom. The molecular formula is C21H25N3. The molecule has 0 saturated carbocycles. The maximum absolute atomic E-state index is 4.68. The molecule has 1 aromatic heterocycles. The summed E-state index contributed by atoms with van der Waals surface area (Å²) in [5.41, 5.74) is 5.46. The predicted molar refractivity (Wildman–Crippen MR) is 99.2 cm³/mol. The van der Waals surface area contributed by atoms with Gasteiger partial charge in [0, 0.05) is 18.5 Å². The molecule has 1 atom stereocenters. The molecule has 1 aliphatic heterocycles. The second-order valence-electron chi connectivity index (χ2n) is 7.11. The van der Waals surface area contributed by atoms with Gasteiger partial charge in [0.15, 0.2) is 0 Å². The fraction of sp³-hybridized carbons (Fsp3) is 0.381. The number of benzene rings is 2. The maximum atomic E-state index is 4.68. The molecule has 3 nitrogen and oxygen atoms in total. The zero-order valence-electron chi connectivity index (χ0n) is 14.6. The number of piperidine rings is 1. The maximum Gasteiger partial charge on any atom is 0.0686 e. The number of fused-ring (bicyclic) bond motifs is 1. The summed E-state index contributed by atoms with van der Waals surface area (Å²) < 4.78 is 2.24. The lowest BCUT2D eigenvalue weighted by Gasteiger charge is -2.33. The molecule has 2 heterocycles. The topological polar surface area (TPSA) is 21.1 Å². The van der Waals surface area contributed by atoms with Crippen molar-refractivity contribution in [2.45, 2.75) is 39.3 Å². The van der Waals surface area contributed by atoms with E-state index in [0.717, 1.165) is 13.1 Å². The molecule has 124 valence electrons. The summed E-state index contributed by atoms with van der Waals surface area (Å²) in [7, 11) is 0. The lowest BCUT2D eigenvalue weighted by atomic mass is 10.0. The molecule has 0 radical (unpaired) electrons. The third-order valence-electron chi connectivity index (χ3n) is 5.22. The van der Waals surface area contributed by atoms with Gasteiger partial charge in [0.05, 0.1) is 17.8 Å². The van der Waals surface area contributed by atoms with Crippen molar-refractivity contribution in [2.75, 3.05) is 13.1 Å². The van der Waals surface area contributed by atoms with Crippen LogP contribution in [-0.2, 0) is 6.54 Å². The molecular weight excluding hydrogens is 294 g/mol. The van der Waals surface area contributed by atoms with Crippen molar-refractivity contribution < 1.29 is 0 Å². The molecule has 0 bridgehead atoms. The van der Waals surface area contributed by atoms with Crippen LogP contribution in [0.4, 0.5) is 0 Å². The van der Waals surface area contributed by atoms with Crippen LogP contribution in [0.25, 0.3) is 10.9 Å². The molecule has 1 aliphatic rings. The van der Waals surface area contributed by atoms with Crippen LogP contribution in [0, 0.1) is 13.8 Å². The highest BCUT2D eigenvalue weighted by atomic mass is 15.3. The van der Waals surface area contributed by atoms with E-state index in [4.69, 9.17) is 0 Å². The molecule has 1 fully saturated rings. The summed E-state index contributed by atoms with van der Waals surface area (Å²) in [5.74, 6) is 0. The van der Waals surface area contributed by atoms with Crippen molar-refractivity contribution in [3.8, 4) is 0 Å². The lowest BCUT2D eigenvalue weighted by Crippen LogP contribution is -2.36. The van der Waals surface area contributed by atoms with Crippen LogP contribution >= 0.6 is 0 Å². The number of likely N-dealkylation sites (tertiary alicyclic amines) is 1. The van der Waals surface area contributed by atoms with E-state index in [1.165, 1.54) is 47.0 Å². The van der Waals surface area contributed by atoms with Crippen LogP contribution in [0.1, 0.15) is 35.6 Å². The molecule has 0 spiro atoms. The average molecular weight is 319 g/mol. The minimum absolute atomic E-state index is 0.476. The summed E-state index contributed by atoms with van der Waals surface area (Å²) >= 11 is 0. The van der Waals surface area contributed by atoms with Crippen LogP contribution in [0.15, 0.2) is 48.7 Å². The Hall–Kier alpha value is -2.13. The Morgan fingerprint density at radius 2 is 2.00 bits per heavy atom. The van der Waals surface area contributed by atoms with Gasteiger partial charge in [-0.05, 0) is 50.4 Å². The van der Waals surface area contributed by atoms with Gasteiger partial charge in [-0.2, -0.15) is 5.10 Å². The SMILES string of the molecule is Cc1ccc(CN2CCCC(n3ncc4ccccc43)C2)c(C)c1. The first-order valence-electron chi connectivity index (χ1n) is 8.91. The van der Waals surface area contributed by atoms with E-state index in [2.05, 4.69) is 71.0 Å². The monoisotopic (exact) mass is 319 g/mol. The third-order valence-corrected chi connectivity index (χ3v) is 5.22. The molecule has 0 aliphatic carbocycles. The first kappa shape index (κ1) is 15.4. The summed E-state index contributed by atoms with van der Waals surface area (Å²) in [6, 6.07) is 15.8. The number of aromatic nitrogens is 2. The third kappa shape index (κ3) is 2.96. The Balaban J connectivity index is 1.53. The van der Waals surface area contributed by atoms with Crippen LogP contribution in [0.2, 0.25) is 0 Å². The summed E-state index contributed by atoms with van der Waals surface area (Å²) in [6.45, 7) is 7.70. The fourth-order valence-electron chi connectivity index (χ4n) is 3.92. The number of nitrogens with zero attached hydrogens (tertiary/aromatic N) is 3. The van der Waals surface area contributed by atoms with Crippen LogP contribution in [0.3, 0.4) is 0 Å². The van der Waals surface area contributed by atoms with Gasteiger partial charge < -0.3 is 0 Å². The Bertz CT molecular complexity index is 849. The van der Waals surface area contributed by atoms with Crippen molar-refractivity contribution in [1.82, 2.24) is 14.7 Å². The second kappa shape index (κ2) is 6.40. The molecule has 0 amide bonds. The van der Waals surface area contributed by atoms with Gasteiger partial charge in [0.2, 0.25) is 0 Å². The van der Waals surface area contributed by atoms with Crippen LogP contribution < -0.4 is 0 Å². The Labute approximate surface area is 143 Å². The average Bonchev–Trinajstić information content (AvgIpc) is 3.02. The van der Waals surface area contributed by atoms with E-state index in [1.54, 1.807) is 0 Å². The highest BCUT2D eigenvalue weighted by Gasteiger charge is 2.23. The number of rotatable bonds is 3. The van der Waals surface area contributed by atoms with Crippen molar-refractivity contribution in [2.24, 2.45) is 0 Å². The summed E-state index contributed by atoms with van der Waals surface area (Å²) in [6.07, 6.45) is 4.46. The quantitative estimate of drug-likeness (QED) is 0.709. The van der Waals surface area contributed by atoms with Crippen LogP contribution in [0.5, 0.6) is 0 Å². The van der Waals surface area contributed by atoms with Gasteiger partial charge >= 0.3 is 0 Å². The van der Waals surface area contributed by atoms with Gasteiger partial charge in [-0.1, -0.05) is 42.0 Å². The van der Waals surface area contributed by atoms with E-state index < -0.39 is 0 Å². The molecule has 1 unspecified atom stereocenters. The molecule has 4 rings (SSSR count). The van der Waals surface area contributed by atoms with Gasteiger partial charge in [0.25, 0.3) is 0 Å². The number of hydrogen-bond donors (Lipinski definition) is 0. The van der Waals surface area contributed by atoms with E-state index in [0.29, 0.717) is 6.04 Å². The normalized spacial score (nSPS) is 19.0. The zero-order valence-corrected chi connectivity index (χ0v) is 14.6. The largest absolute Gasteiger partial charge is 0.297 e. The lowest BCUT2D eigenvalue weighted by molar-refractivity contribution is 0.165. The van der Waals surface area contributed by atoms with Crippen molar-refractivity contribution in [1.29, 1.82) is 0 Å². The van der Waals surface area contributed by atoms with Gasteiger partial charge in [-0.25, -0.2) is 0 Å². The Kier molecular flexibility index (Phi) is 4.11. The van der Waals surface area contributed by atoms with Crippen molar-refractivity contribution in [3.63, 3.8) is 0 Å². The molecule has 2 aromatic carbocycles. The zero-order chi connectivity index (χ0) is 16.5. The minimum atomic E-state index is 0.476. The first-order chi connectivity index (χ1) is 11.7. The molecule has 24 heavy (non-hydrogen) atoms. The predicted octanol–water partition coefficient (Wildman–Crippen LogP) is 4.49. The molecule has 3 heteroatoms. The first-order valence-corrected chi connectivity index (χ1v) is 8.91. The summed E-state index contributed by atoms with van der Waals surface area (Å²) in [5, 5.41) is 5.92. The highest BCUT2D eigenvalue weighted by Crippen LogP contribution is 2.26. The van der Waals surface area contributed by atoms with Gasteiger partial charge in [-0.3, -0.25) is 9.58 Å². The second-order valence-corrected chi connectivity index (χ2v) is 7.11. The minimum Gasteiger partial charge on any atom is -0.297 e. The Morgan fingerprint density at radius 3 is 2.88 bits per heavy atom. The highest BCUT2D eigenvalue weighted by molar-refractivity contribution is 5.78. The number of hydrogen-bond acceptors (Lipinski definition) is 2. The fourth-order valence-corrected chi connectivity index (χ4v) is 3.92. The van der Waals surface area contributed by atoms with Crippen LogP contribution in [-0.4, -0.2) is 27.8 Å². The van der Waals surface area contributed by atoms with Crippen molar-refractivity contribution in [3.05, 3.63) is 65.4 Å².